The SMILES string of the molecule is CC(=O)N1CCN(S(=O)(=O)c2ccc(C(=O)NCc3cc(Br)cs3)cc2)CC1. The Morgan fingerprint density at radius 1 is 1.14 bits per heavy atom. The summed E-state index contributed by atoms with van der Waals surface area (Å²) >= 11 is 4.91. The van der Waals surface area contributed by atoms with Crippen molar-refractivity contribution in [2.45, 2.75) is 18.4 Å². The second kappa shape index (κ2) is 8.73. The lowest BCUT2D eigenvalue weighted by Crippen LogP contribution is -2.49. The van der Waals surface area contributed by atoms with Crippen LogP contribution in [0.4, 0.5) is 0 Å². The normalized spacial score (nSPS) is 15.4. The first-order valence-electron chi connectivity index (χ1n) is 8.64. The van der Waals surface area contributed by atoms with Crippen LogP contribution in [0, 0.1) is 0 Å². The van der Waals surface area contributed by atoms with Crippen molar-refractivity contribution in [2.24, 2.45) is 0 Å². The lowest BCUT2D eigenvalue weighted by Gasteiger charge is -2.33. The number of carbonyl (C=O) groups is 2. The molecule has 1 fully saturated rings. The molecule has 0 atom stereocenters. The number of nitrogens with zero attached hydrogens (tertiary/aromatic N) is 2. The number of nitrogens with one attached hydrogen (secondary N) is 1. The van der Waals surface area contributed by atoms with E-state index in [1.165, 1.54) is 46.8 Å². The number of carbonyl (C=O) groups excluding carboxylic acids is 2. The van der Waals surface area contributed by atoms with Crippen LogP contribution in [0.3, 0.4) is 0 Å². The van der Waals surface area contributed by atoms with E-state index in [1.54, 1.807) is 4.90 Å². The summed E-state index contributed by atoms with van der Waals surface area (Å²) in [5.41, 5.74) is 0.399. The van der Waals surface area contributed by atoms with Crippen molar-refractivity contribution >= 4 is 49.1 Å². The number of halogens is 1. The van der Waals surface area contributed by atoms with E-state index in [2.05, 4.69) is 21.2 Å². The van der Waals surface area contributed by atoms with Gasteiger partial charge in [0.2, 0.25) is 15.9 Å². The summed E-state index contributed by atoms with van der Waals surface area (Å²) in [7, 11) is -3.65. The molecule has 7 nitrogen and oxygen atoms in total. The summed E-state index contributed by atoms with van der Waals surface area (Å²) < 4.78 is 27.9. The van der Waals surface area contributed by atoms with Gasteiger partial charge in [0.15, 0.2) is 0 Å². The number of thiophene rings is 1. The van der Waals surface area contributed by atoms with Gasteiger partial charge in [0.25, 0.3) is 5.91 Å². The van der Waals surface area contributed by atoms with Crippen molar-refractivity contribution in [3.05, 3.63) is 50.6 Å². The molecule has 2 heterocycles. The molecule has 0 spiro atoms. The topological polar surface area (TPSA) is 86.8 Å². The lowest BCUT2D eigenvalue weighted by atomic mass is 10.2. The molecule has 10 heteroatoms. The van der Waals surface area contributed by atoms with Crippen molar-refractivity contribution in [2.75, 3.05) is 26.2 Å². The predicted octanol–water partition coefficient (Wildman–Crippen LogP) is 2.29. The molecular weight excluding hydrogens is 466 g/mol. The molecule has 150 valence electrons. The van der Waals surface area contributed by atoms with E-state index in [0.717, 1.165) is 9.35 Å². The van der Waals surface area contributed by atoms with E-state index in [4.69, 9.17) is 0 Å². The number of piperazine rings is 1. The molecule has 1 aromatic carbocycles. The van der Waals surface area contributed by atoms with E-state index in [9.17, 15) is 18.0 Å². The Bertz CT molecular complexity index is 965. The van der Waals surface area contributed by atoms with E-state index >= 15 is 0 Å². The lowest BCUT2D eigenvalue weighted by molar-refractivity contribution is -0.129. The van der Waals surface area contributed by atoms with E-state index in [1.807, 2.05) is 11.4 Å². The van der Waals surface area contributed by atoms with E-state index < -0.39 is 10.0 Å². The molecule has 1 aliphatic heterocycles. The van der Waals surface area contributed by atoms with Crippen LogP contribution in [0.15, 0.2) is 45.1 Å². The van der Waals surface area contributed by atoms with Gasteiger partial charge in [-0.3, -0.25) is 9.59 Å². The Morgan fingerprint density at radius 2 is 1.79 bits per heavy atom. The minimum absolute atomic E-state index is 0.0534. The summed E-state index contributed by atoms with van der Waals surface area (Å²) in [5, 5.41) is 4.76. The van der Waals surface area contributed by atoms with Crippen LogP contribution in [0.25, 0.3) is 0 Å². The van der Waals surface area contributed by atoms with Crippen LogP contribution >= 0.6 is 27.3 Å². The van der Waals surface area contributed by atoms with Gasteiger partial charge >= 0.3 is 0 Å². The Balaban J connectivity index is 1.62. The molecule has 2 aromatic rings. The monoisotopic (exact) mass is 485 g/mol. The fraction of sp³-hybridized carbons (Fsp3) is 0.333. The first-order chi connectivity index (χ1) is 13.3. The molecular formula is C18H20BrN3O4S2. The molecule has 0 unspecified atom stereocenters. The van der Waals surface area contributed by atoms with Crippen LogP contribution in [0.1, 0.15) is 22.2 Å². The second-order valence-electron chi connectivity index (χ2n) is 6.35. The van der Waals surface area contributed by atoms with Crippen molar-refractivity contribution in [1.29, 1.82) is 0 Å². The molecule has 0 aliphatic carbocycles. The molecule has 2 amide bonds. The largest absolute Gasteiger partial charge is 0.347 e. The molecule has 1 aliphatic rings. The fourth-order valence-corrected chi connectivity index (χ4v) is 5.70. The van der Waals surface area contributed by atoms with Gasteiger partial charge in [0.05, 0.1) is 11.4 Å². The Morgan fingerprint density at radius 3 is 2.32 bits per heavy atom. The Kier molecular flexibility index (Phi) is 6.54. The first kappa shape index (κ1) is 21.0. The van der Waals surface area contributed by atoms with Gasteiger partial charge in [0, 0.05) is 53.4 Å². The molecule has 0 bridgehead atoms. The van der Waals surface area contributed by atoms with E-state index in [-0.39, 0.29) is 29.8 Å². The number of benzene rings is 1. The molecule has 0 radical (unpaired) electrons. The van der Waals surface area contributed by atoms with Gasteiger partial charge < -0.3 is 10.2 Å². The molecule has 1 N–H and O–H groups in total. The van der Waals surface area contributed by atoms with Gasteiger partial charge in [-0.2, -0.15) is 4.31 Å². The van der Waals surface area contributed by atoms with Gasteiger partial charge in [-0.15, -0.1) is 11.3 Å². The number of hydrogen-bond donors (Lipinski definition) is 1. The average molecular weight is 486 g/mol. The highest BCUT2D eigenvalue weighted by atomic mass is 79.9. The standard InChI is InChI=1S/C18H20BrN3O4S2/c1-13(23)21-6-8-22(9-7-21)28(25,26)17-4-2-14(3-5-17)18(24)20-11-16-10-15(19)12-27-16/h2-5,10,12H,6-9,11H2,1H3,(H,20,24). The maximum Gasteiger partial charge on any atom is 0.251 e. The zero-order chi connectivity index (χ0) is 20.3. The van der Waals surface area contributed by atoms with Crippen molar-refractivity contribution in [3.8, 4) is 0 Å². The maximum atomic E-state index is 12.8. The zero-order valence-corrected chi connectivity index (χ0v) is 18.4. The van der Waals surface area contributed by atoms with Crippen LogP contribution in [0.2, 0.25) is 0 Å². The number of amides is 2. The van der Waals surface area contributed by atoms with Crippen molar-refractivity contribution in [1.82, 2.24) is 14.5 Å². The highest BCUT2D eigenvalue weighted by molar-refractivity contribution is 9.10. The van der Waals surface area contributed by atoms with Gasteiger partial charge in [-0.05, 0) is 46.3 Å². The van der Waals surface area contributed by atoms with Crippen LogP contribution in [-0.2, 0) is 21.4 Å². The summed E-state index contributed by atoms with van der Waals surface area (Å²) in [4.78, 5) is 26.5. The third kappa shape index (κ3) is 4.80. The third-order valence-corrected chi connectivity index (χ3v) is 8.09. The summed E-state index contributed by atoms with van der Waals surface area (Å²) in [6, 6.07) is 7.86. The number of rotatable bonds is 5. The fourth-order valence-electron chi connectivity index (χ4n) is 2.89. The van der Waals surface area contributed by atoms with Gasteiger partial charge in [-0.25, -0.2) is 8.42 Å². The quantitative estimate of drug-likeness (QED) is 0.703. The zero-order valence-electron chi connectivity index (χ0n) is 15.2. The number of hydrogen-bond acceptors (Lipinski definition) is 5. The Hall–Kier alpha value is -1.75. The summed E-state index contributed by atoms with van der Waals surface area (Å²) in [5.74, 6) is -0.314. The molecule has 28 heavy (non-hydrogen) atoms. The van der Waals surface area contributed by atoms with Gasteiger partial charge in [0.1, 0.15) is 0 Å². The minimum Gasteiger partial charge on any atom is -0.347 e. The summed E-state index contributed by atoms with van der Waals surface area (Å²) in [6.45, 7) is 3.18. The highest BCUT2D eigenvalue weighted by Gasteiger charge is 2.29. The van der Waals surface area contributed by atoms with Gasteiger partial charge in [-0.1, -0.05) is 0 Å². The number of sulfonamides is 1. The molecule has 3 rings (SSSR count). The van der Waals surface area contributed by atoms with Crippen molar-refractivity contribution in [3.63, 3.8) is 0 Å². The second-order valence-corrected chi connectivity index (χ2v) is 10.2. The van der Waals surface area contributed by atoms with Crippen LogP contribution < -0.4 is 5.32 Å². The highest BCUT2D eigenvalue weighted by Crippen LogP contribution is 2.20. The van der Waals surface area contributed by atoms with E-state index in [0.29, 0.717) is 25.2 Å². The predicted molar refractivity (Wildman–Crippen MR) is 111 cm³/mol. The van der Waals surface area contributed by atoms with Crippen LogP contribution in [-0.4, -0.2) is 55.6 Å². The molecule has 1 aromatic heterocycles. The smallest absolute Gasteiger partial charge is 0.251 e. The average Bonchev–Trinajstić information content (AvgIpc) is 3.11. The first-order valence-corrected chi connectivity index (χ1v) is 11.8. The minimum atomic E-state index is -3.65. The molecule has 1 saturated heterocycles. The Labute approximate surface area is 176 Å². The third-order valence-electron chi connectivity index (χ3n) is 4.48. The molecule has 0 saturated carbocycles. The van der Waals surface area contributed by atoms with Crippen molar-refractivity contribution < 1.29 is 18.0 Å². The maximum absolute atomic E-state index is 12.8. The summed E-state index contributed by atoms with van der Waals surface area (Å²) in [6.07, 6.45) is 0. The van der Waals surface area contributed by atoms with Crippen LogP contribution in [0.5, 0.6) is 0 Å².